The normalized spacial score (nSPS) is 13.7. The van der Waals surface area contributed by atoms with E-state index in [1.165, 1.54) is 36.0 Å². The highest BCUT2D eigenvalue weighted by molar-refractivity contribution is 5.39. The lowest BCUT2D eigenvalue weighted by molar-refractivity contribution is 0.297. The first-order chi connectivity index (χ1) is 8.20. The molecule has 0 bridgehead atoms. The monoisotopic (exact) mass is 246 g/mol. The van der Waals surface area contributed by atoms with Crippen LogP contribution in [0.2, 0.25) is 0 Å². The maximum atomic E-state index is 2.39. The van der Waals surface area contributed by atoms with Gasteiger partial charge in [-0.05, 0) is 73.6 Å². The average Bonchev–Trinajstić information content (AvgIpc) is 2.21. The summed E-state index contributed by atoms with van der Waals surface area (Å²) in [6, 6.07) is 4.51. The molecule has 0 heterocycles. The Balaban J connectivity index is 2.67. The van der Waals surface area contributed by atoms with Crippen LogP contribution in [0.1, 0.15) is 62.8 Å². The van der Waals surface area contributed by atoms with Crippen molar-refractivity contribution in [2.75, 3.05) is 0 Å². The van der Waals surface area contributed by atoms with E-state index in [1.54, 1.807) is 5.56 Å². The van der Waals surface area contributed by atoms with Crippen LogP contribution in [-0.4, -0.2) is 0 Å². The third-order valence-corrected chi connectivity index (χ3v) is 3.95. The van der Waals surface area contributed by atoms with Crippen molar-refractivity contribution in [1.29, 1.82) is 0 Å². The highest BCUT2D eigenvalue weighted by atomic mass is 14.2. The first-order valence-electron chi connectivity index (χ1n) is 7.26. The van der Waals surface area contributed by atoms with Crippen molar-refractivity contribution in [3.63, 3.8) is 0 Å². The first-order valence-corrected chi connectivity index (χ1v) is 7.26. The van der Waals surface area contributed by atoms with E-state index >= 15 is 0 Å². The van der Waals surface area contributed by atoms with Crippen molar-refractivity contribution in [3.8, 4) is 0 Å². The van der Waals surface area contributed by atoms with Gasteiger partial charge in [0.15, 0.2) is 0 Å². The van der Waals surface area contributed by atoms with E-state index in [9.17, 15) is 0 Å². The average molecular weight is 246 g/mol. The van der Waals surface area contributed by atoms with E-state index in [4.69, 9.17) is 0 Å². The minimum atomic E-state index is 0.454. The van der Waals surface area contributed by atoms with Gasteiger partial charge in [-0.3, -0.25) is 0 Å². The lowest BCUT2D eigenvalue weighted by Crippen LogP contribution is -2.12. The van der Waals surface area contributed by atoms with Crippen molar-refractivity contribution >= 4 is 0 Å². The van der Waals surface area contributed by atoms with Crippen LogP contribution in [0.15, 0.2) is 12.1 Å². The van der Waals surface area contributed by atoms with Crippen LogP contribution in [0.25, 0.3) is 0 Å². The number of rotatable bonds is 4. The third kappa shape index (κ3) is 4.48. The third-order valence-electron chi connectivity index (χ3n) is 3.95. The lowest BCUT2D eigenvalue weighted by Gasteiger charge is -2.23. The van der Waals surface area contributed by atoms with Gasteiger partial charge in [0.05, 0.1) is 0 Å². The Morgan fingerprint density at radius 1 is 1.00 bits per heavy atom. The number of benzene rings is 1. The predicted octanol–water partition coefficient (Wildman–Crippen LogP) is 5.62. The van der Waals surface area contributed by atoms with Crippen LogP contribution in [0.3, 0.4) is 0 Å². The minimum absolute atomic E-state index is 0.454. The molecule has 1 aromatic carbocycles. The molecule has 1 atom stereocenters. The zero-order valence-corrected chi connectivity index (χ0v) is 13.4. The second-order valence-electron chi connectivity index (χ2n) is 7.21. The minimum Gasteiger partial charge on any atom is -0.0625 e. The molecule has 1 rings (SSSR count). The Morgan fingerprint density at radius 2 is 1.56 bits per heavy atom. The molecule has 0 aliphatic rings. The summed E-state index contributed by atoms with van der Waals surface area (Å²) in [6.45, 7) is 16.1. The van der Waals surface area contributed by atoms with Gasteiger partial charge in [-0.2, -0.15) is 0 Å². The van der Waals surface area contributed by atoms with E-state index in [0.29, 0.717) is 5.41 Å². The molecule has 0 aromatic heterocycles. The topological polar surface area (TPSA) is 0 Å². The summed E-state index contributed by atoms with van der Waals surface area (Å²) in [5.74, 6) is 0.810. The van der Waals surface area contributed by atoms with Crippen molar-refractivity contribution in [2.24, 2.45) is 11.3 Å². The van der Waals surface area contributed by atoms with E-state index in [2.05, 4.69) is 60.6 Å². The van der Waals surface area contributed by atoms with Gasteiger partial charge in [0.1, 0.15) is 0 Å². The molecule has 0 spiro atoms. The summed E-state index contributed by atoms with van der Waals surface area (Å²) < 4.78 is 0. The number of hydrogen-bond donors (Lipinski definition) is 0. The fourth-order valence-corrected chi connectivity index (χ4v) is 2.93. The standard InChI is InChI=1S/C18H30/c1-13(12-18(5,6)7)8-11-17-15(3)10-9-14(2)16(17)4/h9-10,13H,8,11-12H2,1-7H3. The zero-order chi connectivity index (χ0) is 13.9. The van der Waals surface area contributed by atoms with Crippen molar-refractivity contribution < 1.29 is 0 Å². The SMILES string of the molecule is Cc1ccc(C)c(CCC(C)CC(C)(C)C)c1C. The molecule has 0 fully saturated rings. The van der Waals surface area contributed by atoms with Gasteiger partial charge in [0.2, 0.25) is 0 Å². The molecule has 0 nitrogen and oxygen atoms in total. The molecule has 0 aliphatic carbocycles. The van der Waals surface area contributed by atoms with Crippen molar-refractivity contribution in [1.82, 2.24) is 0 Å². The van der Waals surface area contributed by atoms with Gasteiger partial charge in [-0.25, -0.2) is 0 Å². The highest BCUT2D eigenvalue weighted by Gasteiger charge is 2.16. The Bertz CT molecular complexity index is 393. The van der Waals surface area contributed by atoms with Crippen molar-refractivity contribution in [2.45, 2.75) is 67.7 Å². The molecule has 0 N–H and O–H groups in total. The molecular weight excluding hydrogens is 216 g/mol. The fraction of sp³-hybridized carbons (Fsp3) is 0.667. The molecule has 0 saturated heterocycles. The van der Waals surface area contributed by atoms with E-state index in [0.717, 1.165) is 5.92 Å². The molecular formula is C18H30. The van der Waals surface area contributed by atoms with Gasteiger partial charge < -0.3 is 0 Å². The molecule has 102 valence electrons. The van der Waals surface area contributed by atoms with Crippen LogP contribution in [0, 0.1) is 32.1 Å². The second-order valence-corrected chi connectivity index (χ2v) is 7.21. The summed E-state index contributed by atoms with van der Waals surface area (Å²) >= 11 is 0. The Kier molecular flexibility index (Phi) is 5.01. The van der Waals surface area contributed by atoms with E-state index in [1.807, 2.05) is 0 Å². The summed E-state index contributed by atoms with van der Waals surface area (Å²) in [5, 5.41) is 0. The van der Waals surface area contributed by atoms with E-state index in [-0.39, 0.29) is 0 Å². The van der Waals surface area contributed by atoms with Crippen LogP contribution >= 0.6 is 0 Å². The molecule has 0 saturated carbocycles. The maximum absolute atomic E-state index is 2.39. The molecule has 0 radical (unpaired) electrons. The fourth-order valence-electron chi connectivity index (χ4n) is 2.93. The Labute approximate surface area is 114 Å². The molecule has 0 heteroatoms. The molecule has 1 aromatic rings. The molecule has 1 unspecified atom stereocenters. The maximum Gasteiger partial charge on any atom is -0.0271 e. The van der Waals surface area contributed by atoms with Gasteiger partial charge in [-0.15, -0.1) is 0 Å². The highest BCUT2D eigenvalue weighted by Crippen LogP contribution is 2.28. The van der Waals surface area contributed by atoms with Crippen molar-refractivity contribution in [3.05, 3.63) is 34.4 Å². The second kappa shape index (κ2) is 5.91. The zero-order valence-electron chi connectivity index (χ0n) is 13.4. The van der Waals surface area contributed by atoms with Crippen LogP contribution < -0.4 is 0 Å². The van der Waals surface area contributed by atoms with Gasteiger partial charge in [0, 0.05) is 0 Å². The first kappa shape index (κ1) is 15.3. The lowest BCUT2D eigenvalue weighted by atomic mass is 9.82. The summed E-state index contributed by atoms with van der Waals surface area (Å²) in [6.07, 6.45) is 3.86. The Hall–Kier alpha value is -0.780. The smallest absolute Gasteiger partial charge is 0.0271 e. The van der Waals surface area contributed by atoms with Crippen LogP contribution in [0.5, 0.6) is 0 Å². The number of aryl methyl sites for hydroxylation is 2. The summed E-state index contributed by atoms with van der Waals surface area (Å²) in [4.78, 5) is 0. The van der Waals surface area contributed by atoms with E-state index < -0.39 is 0 Å². The quantitative estimate of drug-likeness (QED) is 0.647. The summed E-state index contributed by atoms with van der Waals surface area (Å²) in [7, 11) is 0. The van der Waals surface area contributed by atoms with Gasteiger partial charge >= 0.3 is 0 Å². The largest absolute Gasteiger partial charge is 0.0625 e. The molecule has 0 amide bonds. The van der Waals surface area contributed by atoms with Gasteiger partial charge in [0.25, 0.3) is 0 Å². The summed E-state index contributed by atoms with van der Waals surface area (Å²) in [5.41, 5.74) is 6.42. The molecule has 18 heavy (non-hydrogen) atoms. The van der Waals surface area contributed by atoms with Gasteiger partial charge in [-0.1, -0.05) is 39.8 Å². The Morgan fingerprint density at radius 3 is 2.11 bits per heavy atom. The van der Waals surface area contributed by atoms with Crippen LogP contribution in [0.4, 0.5) is 0 Å². The molecule has 0 aliphatic heterocycles. The number of hydrogen-bond acceptors (Lipinski definition) is 0. The van der Waals surface area contributed by atoms with Crippen LogP contribution in [-0.2, 0) is 6.42 Å². The predicted molar refractivity (Wildman–Crippen MR) is 82.2 cm³/mol.